The van der Waals surface area contributed by atoms with Crippen LogP contribution < -0.4 is 10.5 Å². The number of carbonyl (C=O) groups is 1. The summed E-state index contributed by atoms with van der Waals surface area (Å²) in [7, 11) is 3.31. The Bertz CT molecular complexity index is 545. The molecule has 88 valence electrons. The van der Waals surface area contributed by atoms with Crippen LogP contribution in [0.15, 0.2) is 24.4 Å². The van der Waals surface area contributed by atoms with Crippen LogP contribution in [-0.4, -0.2) is 27.8 Å². The van der Waals surface area contributed by atoms with Gasteiger partial charge in [-0.25, -0.2) is 0 Å². The first-order valence-electron chi connectivity index (χ1n) is 4.96. The maximum atomic E-state index is 11.0. The van der Waals surface area contributed by atoms with Gasteiger partial charge in [-0.2, -0.15) is 5.10 Å². The third-order valence-corrected chi connectivity index (χ3v) is 2.37. The fourth-order valence-corrected chi connectivity index (χ4v) is 1.48. The van der Waals surface area contributed by atoms with Gasteiger partial charge in [0, 0.05) is 7.05 Å². The molecule has 0 saturated heterocycles. The summed E-state index contributed by atoms with van der Waals surface area (Å²) in [5.74, 6) is 0.117. The van der Waals surface area contributed by atoms with Crippen molar-refractivity contribution in [1.82, 2.24) is 14.8 Å². The zero-order valence-electron chi connectivity index (χ0n) is 9.54. The van der Waals surface area contributed by atoms with Crippen molar-refractivity contribution in [1.29, 1.82) is 0 Å². The van der Waals surface area contributed by atoms with E-state index in [1.807, 2.05) is 0 Å². The second kappa shape index (κ2) is 4.25. The Morgan fingerprint density at radius 1 is 1.47 bits per heavy atom. The molecular weight excluding hydrogens is 220 g/mol. The zero-order chi connectivity index (χ0) is 12.4. The van der Waals surface area contributed by atoms with Gasteiger partial charge in [-0.05, 0) is 18.2 Å². The third kappa shape index (κ3) is 2.10. The van der Waals surface area contributed by atoms with Crippen LogP contribution in [0.2, 0.25) is 0 Å². The predicted molar refractivity (Wildman–Crippen MR) is 61.5 cm³/mol. The fourth-order valence-electron chi connectivity index (χ4n) is 1.48. The molecular formula is C11H12N4O2. The summed E-state index contributed by atoms with van der Waals surface area (Å²) in [6.07, 6.45) is 1.60. The molecule has 0 radical (unpaired) electrons. The van der Waals surface area contributed by atoms with Gasteiger partial charge in [0.05, 0.1) is 24.7 Å². The van der Waals surface area contributed by atoms with Crippen molar-refractivity contribution in [3.63, 3.8) is 0 Å². The van der Waals surface area contributed by atoms with Crippen LogP contribution in [-0.2, 0) is 7.05 Å². The highest BCUT2D eigenvalue weighted by Gasteiger charge is 2.11. The first-order chi connectivity index (χ1) is 8.11. The van der Waals surface area contributed by atoms with Crippen LogP contribution in [0.1, 0.15) is 10.5 Å². The summed E-state index contributed by atoms with van der Waals surface area (Å²) in [4.78, 5) is 15.2. The highest BCUT2D eigenvalue weighted by molar-refractivity contribution is 5.91. The highest BCUT2D eigenvalue weighted by Crippen LogP contribution is 2.19. The van der Waals surface area contributed by atoms with Crippen molar-refractivity contribution >= 4 is 5.91 Å². The molecule has 0 unspecified atom stereocenters. The summed E-state index contributed by atoms with van der Waals surface area (Å²) in [5, 5.41) is 4.00. The van der Waals surface area contributed by atoms with Crippen molar-refractivity contribution in [2.45, 2.75) is 0 Å². The van der Waals surface area contributed by atoms with Crippen molar-refractivity contribution < 1.29 is 9.53 Å². The van der Waals surface area contributed by atoms with Crippen molar-refractivity contribution in [2.75, 3.05) is 7.11 Å². The van der Waals surface area contributed by atoms with E-state index in [1.54, 1.807) is 43.2 Å². The Morgan fingerprint density at radius 3 is 2.71 bits per heavy atom. The molecule has 6 heteroatoms. The second-order valence-corrected chi connectivity index (χ2v) is 3.49. The van der Waals surface area contributed by atoms with E-state index in [9.17, 15) is 4.79 Å². The van der Waals surface area contributed by atoms with Crippen LogP contribution in [0, 0.1) is 0 Å². The van der Waals surface area contributed by atoms with Crippen molar-refractivity contribution in [2.24, 2.45) is 12.8 Å². The molecule has 2 aromatic heterocycles. The molecule has 0 aliphatic rings. The van der Waals surface area contributed by atoms with Gasteiger partial charge < -0.3 is 10.5 Å². The van der Waals surface area contributed by atoms with Crippen LogP contribution >= 0.6 is 0 Å². The summed E-state index contributed by atoms with van der Waals surface area (Å²) in [5.41, 5.74) is 6.81. The number of nitrogens with zero attached hydrogens (tertiary/aromatic N) is 3. The monoisotopic (exact) mass is 232 g/mol. The number of methoxy groups -OCH3 is 1. The second-order valence-electron chi connectivity index (χ2n) is 3.49. The molecule has 0 aliphatic heterocycles. The topological polar surface area (TPSA) is 83.0 Å². The molecule has 17 heavy (non-hydrogen) atoms. The van der Waals surface area contributed by atoms with Gasteiger partial charge in [0.2, 0.25) is 0 Å². The lowest BCUT2D eigenvalue weighted by Crippen LogP contribution is -2.11. The minimum atomic E-state index is -0.555. The standard InChI is InChI=1S/C11H12N4O2/c1-15-10(5-9(14-15)11(12)16)8-4-3-7(17-2)6-13-8/h3-6H,1-2H3,(H2,12,16). The largest absolute Gasteiger partial charge is 0.495 e. The average Bonchev–Trinajstić information content (AvgIpc) is 2.72. The molecule has 2 rings (SSSR count). The Hall–Kier alpha value is -2.37. The number of amides is 1. The number of carbonyl (C=O) groups excluding carboxylic acids is 1. The van der Waals surface area contributed by atoms with Gasteiger partial charge in [0.25, 0.3) is 5.91 Å². The maximum Gasteiger partial charge on any atom is 0.269 e. The molecule has 2 N–H and O–H groups in total. The quantitative estimate of drug-likeness (QED) is 0.839. The Morgan fingerprint density at radius 2 is 2.24 bits per heavy atom. The molecule has 0 saturated carbocycles. The molecule has 0 aliphatic carbocycles. The fraction of sp³-hybridized carbons (Fsp3) is 0.182. The van der Waals surface area contributed by atoms with E-state index in [4.69, 9.17) is 10.5 Å². The number of aromatic nitrogens is 3. The number of pyridine rings is 1. The molecule has 1 amide bonds. The number of primary amides is 1. The Kier molecular flexibility index (Phi) is 2.78. The number of ether oxygens (including phenoxy) is 1. The normalized spacial score (nSPS) is 10.2. The van der Waals surface area contributed by atoms with Gasteiger partial charge in [-0.15, -0.1) is 0 Å². The molecule has 0 aromatic carbocycles. The van der Waals surface area contributed by atoms with Gasteiger partial charge >= 0.3 is 0 Å². The first-order valence-corrected chi connectivity index (χ1v) is 4.96. The van der Waals surface area contributed by atoms with Crippen molar-refractivity contribution in [3.05, 3.63) is 30.1 Å². The van der Waals surface area contributed by atoms with E-state index in [1.165, 1.54) is 0 Å². The molecule has 0 spiro atoms. The van der Waals surface area contributed by atoms with E-state index >= 15 is 0 Å². The maximum absolute atomic E-state index is 11.0. The number of nitrogens with two attached hydrogens (primary N) is 1. The van der Waals surface area contributed by atoms with Crippen LogP contribution in [0.4, 0.5) is 0 Å². The van der Waals surface area contributed by atoms with E-state index in [0.717, 1.165) is 5.69 Å². The molecule has 0 bridgehead atoms. The van der Waals surface area contributed by atoms with Gasteiger partial charge in [0.1, 0.15) is 5.75 Å². The summed E-state index contributed by atoms with van der Waals surface area (Å²) < 4.78 is 6.58. The molecule has 2 aromatic rings. The number of rotatable bonds is 3. The summed E-state index contributed by atoms with van der Waals surface area (Å²) >= 11 is 0. The number of hydrogen-bond donors (Lipinski definition) is 1. The molecule has 6 nitrogen and oxygen atoms in total. The minimum absolute atomic E-state index is 0.222. The van der Waals surface area contributed by atoms with Crippen LogP contribution in [0.5, 0.6) is 5.75 Å². The van der Waals surface area contributed by atoms with Crippen LogP contribution in [0.3, 0.4) is 0 Å². The smallest absolute Gasteiger partial charge is 0.269 e. The lowest BCUT2D eigenvalue weighted by molar-refractivity contribution is 0.0995. The third-order valence-electron chi connectivity index (χ3n) is 2.37. The Balaban J connectivity index is 2.41. The molecule has 0 atom stereocenters. The SMILES string of the molecule is COc1ccc(-c2cc(C(N)=O)nn2C)nc1. The predicted octanol–water partition coefficient (Wildman–Crippen LogP) is 0.590. The lowest BCUT2D eigenvalue weighted by Gasteiger charge is -2.02. The van der Waals surface area contributed by atoms with Gasteiger partial charge in [0.15, 0.2) is 5.69 Å². The average molecular weight is 232 g/mol. The lowest BCUT2D eigenvalue weighted by atomic mass is 10.2. The number of aryl methyl sites for hydroxylation is 1. The molecule has 0 fully saturated rings. The van der Waals surface area contributed by atoms with Gasteiger partial charge in [-0.1, -0.05) is 0 Å². The van der Waals surface area contributed by atoms with E-state index < -0.39 is 5.91 Å². The van der Waals surface area contributed by atoms with E-state index in [0.29, 0.717) is 11.4 Å². The number of hydrogen-bond acceptors (Lipinski definition) is 4. The molecule has 2 heterocycles. The van der Waals surface area contributed by atoms with Gasteiger partial charge in [-0.3, -0.25) is 14.5 Å². The Labute approximate surface area is 98.0 Å². The summed E-state index contributed by atoms with van der Waals surface area (Å²) in [6.45, 7) is 0. The summed E-state index contributed by atoms with van der Waals surface area (Å²) in [6, 6.07) is 5.19. The first kappa shape index (κ1) is 11.1. The van der Waals surface area contributed by atoms with Crippen molar-refractivity contribution in [3.8, 4) is 17.1 Å². The van der Waals surface area contributed by atoms with E-state index in [-0.39, 0.29) is 5.69 Å². The van der Waals surface area contributed by atoms with E-state index in [2.05, 4.69) is 10.1 Å². The zero-order valence-corrected chi connectivity index (χ0v) is 9.54. The van der Waals surface area contributed by atoms with Crippen LogP contribution in [0.25, 0.3) is 11.4 Å². The minimum Gasteiger partial charge on any atom is -0.495 e. The highest BCUT2D eigenvalue weighted by atomic mass is 16.5.